The lowest BCUT2D eigenvalue weighted by Crippen LogP contribution is -2.59. The average Bonchev–Trinajstić information content (AvgIpc) is 2.37. The number of halogens is 2. The molecule has 1 amide bonds. The van der Waals surface area contributed by atoms with Gasteiger partial charge < -0.3 is 15.4 Å². The van der Waals surface area contributed by atoms with Crippen molar-refractivity contribution in [2.45, 2.75) is 57.7 Å². The standard InChI is InChI=1S/C17H24ClFN2O2/c1-16(2,3)23-15(22)21-17(7-4-8-17)11-20-10-12-5-6-13(18)14(19)9-12/h5-6,9,20H,4,7-8,10-11H2,1-3H3,(H,21,22). The van der Waals surface area contributed by atoms with Crippen molar-refractivity contribution < 1.29 is 13.9 Å². The van der Waals surface area contributed by atoms with E-state index in [0.717, 1.165) is 24.8 Å². The molecule has 6 heteroatoms. The highest BCUT2D eigenvalue weighted by molar-refractivity contribution is 6.30. The van der Waals surface area contributed by atoms with Crippen LogP contribution in [0.2, 0.25) is 5.02 Å². The molecule has 4 nitrogen and oxygen atoms in total. The molecule has 0 aromatic heterocycles. The Bertz CT molecular complexity index is 568. The van der Waals surface area contributed by atoms with E-state index in [1.807, 2.05) is 20.8 Å². The SMILES string of the molecule is CC(C)(C)OC(=O)NC1(CNCc2ccc(Cl)c(F)c2)CCC1. The van der Waals surface area contributed by atoms with Crippen LogP contribution < -0.4 is 10.6 Å². The molecule has 1 saturated carbocycles. The van der Waals surface area contributed by atoms with Crippen LogP contribution >= 0.6 is 11.6 Å². The molecule has 0 atom stereocenters. The van der Waals surface area contributed by atoms with E-state index in [1.165, 1.54) is 6.07 Å². The van der Waals surface area contributed by atoms with Crippen LogP contribution in [0.1, 0.15) is 45.6 Å². The van der Waals surface area contributed by atoms with Gasteiger partial charge in [0.2, 0.25) is 0 Å². The fraction of sp³-hybridized carbons (Fsp3) is 0.588. The third kappa shape index (κ3) is 5.36. The van der Waals surface area contributed by atoms with Gasteiger partial charge in [-0.3, -0.25) is 0 Å². The second-order valence-electron chi connectivity index (χ2n) is 7.11. The number of hydrogen-bond donors (Lipinski definition) is 2. The molecule has 1 aromatic carbocycles. The summed E-state index contributed by atoms with van der Waals surface area (Å²) >= 11 is 5.67. The number of alkyl carbamates (subject to hydrolysis) is 1. The van der Waals surface area contributed by atoms with E-state index in [-0.39, 0.29) is 10.6 Å². The van der Waals surface area contributed by atoms with Crippen molar-refractivity contribution in [2.75, 3.05) is 6.54 Å². The summed E-state index contributed by atoms with van der Waals surface area (Å²) in [6.07, 6.45) is 2.51. The first-order chi connectivity index (χ1) is 10.7. The fourth-order valence-corrected chi connectivity index (χ4v) is 2.68. The van der Waals surface area contributed by atoms with E-state index in [4.69, 9.17) is 16.3 Å². The predicted octanol–water partition coefficient (Wildman–Crippen LogP) is 4.02. The lowest BCUT2D eigenvalue weighted by molar-refractivity contribution is 0.0382. The maximum absolute atomic E-state index is 13.4. The summed E-state index contributed by atoms with van der Waals surface area (Å²) < 4.78 is 18.7. The van der Waals surface area contributed by atoms with Gasteiger partial charge in [-0.05, 0) is 57.7 Å². The van der Waals surface area contributed by atoms with Gasteiger partial charge in [-0.25, -0.2) is 9.18 Å². The highest BCUT2D eigenvalue weighted by Gasteiger charge is 2.39. The van der Waals surface area contributed by atoms with E-state index < -0.39 is 17.5 Å². The molecule has 0 aliphatic heterocycles. The van der Waals surface area contributed by atoms with Crippen LogP contribution in [-0.2, 0) is 11.3 Å². The topological polar surface area (TPSA) is 50.4 Å². The van der Waals surface area contributed by atoms with Crippen LogP contribution in [0.15, 0.2) is 18.2 Å². The monoisotopic (exact) mass is 342 g/mol. The lowest BCUT2D eigenvalue weighted by atomic mass is 9.76. The van der Waals surface area contributed by atoms with Crippen molar-refractivity contribution in [1.29, 1.82) is 0 Å². The maximum atomic E-state index is 13.4. The quantitative estimate of drug-likeness (QED) is 0.849. The number of carbonyl (C=O) groups excluding carboxylic acids is 1. The smallest absolute Gasteiger partial charge is 0.408 e. The second kappa shape index (κ2) is 7.05. The molecule has 0 spiro atoms. The Balaban J connectivity index is 1.84. The van der Waals surface area contributed by atoms with Crippen LogP contribution in [0, 0.1) is 5.82 Å². The largest absolute Gasteiger partial charge is 0.444 e. The van der Waals surface area contributed by atoms with Gasteiger partial charge in [-0.1, -0.05) is 17.7 Å². The highest BCUT2D eigenvalue weighted by Crippen LogP contribution is 2.31. The summed E-state index contributed by atoms with van der Waals surface area (Å²) in [6.45, 7) is 6.66. The van der Waals surface area contributed by atoms with Crippen LogP contribution in [-0.4, -0.2) is 23.8 Å². The minimum atomic E-state index is -0.511. The summed E-state index contributed by atoms with van der Waals surface area (Å²) in [5, 5.41) is 6.37. The molecule has 128 valence electrons. The van der Waals surface area contributed by atoms with Gasteiger partial charge in [-0.15, -0.1) is 0 Å². The van der Waals surface area contributed by atoms with E-state index >= 15 is 0 Å². The van der Waals surface area contributed by atoms with Crippen LogP contribution in [0.5, 0.6) is 0 Å². The van der Waals surface area contributed by atoms with Crippen LogP contribution in [0.4, 0.5) is 9.18 Å². The van der Waals surface area contributed by atoms with Crippen molar-refractivity contribution in [3.05, 3.63) is 34.6 Å². The normalized spacial score (nSPS) is 16.6. The molecular formula is C17H24ClFN2O2. The minimum Gasteiger partial charge on any atom is -0.444 e. The zero-order chi connectivity index (χ0) is 17.1. The number of hydrogen-bond acceptors (Lipinski definition) is 3. The third-order valence-corrected chi connectivity index (χ3v) is 4.16. The molecule has 1 fully saturated rings. The van der Waals surface area contributed by atoms with E-state index in [2.05, 4.69) is 10.6 Å². The van der Waals surface area contributed by atoms with E-state index in [0.29, 0.717) is 13.1 Å². The van der Waals surface area contributed by atoms with Gasteiger partial charge in [0.05, 0.1) is 10.6 Å². The van der Waals surface area contributed by atoms with Gasteiger partial charge in [0.25, 0.3) is 0 Å². The van der Waals surface area contributed by atoms with Crippen molar-refractivity contribution in [2.24, 2.45) is 0 Å². The summed E-state index contributed by atoms with van der Waals surface area (Å²) in [5.74, 6) is -0.420. The van der Waals surface area contributed by atoms with Crippen molar-refractivity contribution >= 4 is 17.7 Å². The first-order valence-electron chi connectivity index (χ1n) is 7.85. The molecular weight excluding hydrogens is 319 g/mol. The molecule has 1 aliphatic carbocycles. The Morgan fingerprint density at radius 3 is 2.61 bits per heavy atom. The molecule has 2 rings (SSSR count). The molecule has 1 aliphatic rings. The average molecular weight is 343 g/mol. The number of rotatable bonds is 5. The molecule has 0 radical (unpaired) electrons. The molecule has 0 heterocycles. The minimum absolute atomic E-state index is 0.121. The Morgan fingerprint density at radius 2 is 2.09 bits per heavy atom. The molecule has 0 bridgehead atoms. The molecule has 0 unspecified atom stereocenters. The summed E-state index contributed by atoms with van der Waals surface area (Å²) in [5.41, 5.74) is 0.0370. The highest BCUT2D eigenvalue weighted by atomic mass is 35.5. The first kappa shape index (κ1) is 18.0. The van der Waals surface area contributed by atoms with Crippen molar-refractivity contribution in [1.82, 2.24) is 10.6 Å². The van der Waals surface area contributed by atoms with Crippen LogP contribution in [0.25, 0.3) is 0 Å². The molecule has 1 aromatic rings. The summed E-state index contributed by atoms with van der Waals surface area (Å²) in [6, 6.07) is 4.75. The molecule has 0 saturated heterocycles. The second-order valence-corrected chi connectivity index (χ2v) is 7.52. The first-order valence-corrected chi connectivity index (χ1v) is 8.23. The summed E-state index contributed by atoms with van der Waals surface area (Å²) in [4.78, 5) is 12.0. The van der Waals surface area contributed by atoms with Gasteiger partial charge >= 0.3 is 6.09 Å². The van der Waals surface area contributed by atoms with Gasteiger partial charge in [-0.2, -0.15) is 0 Å². The molecule has 23 heavy (non-hydrogen) atoms. The van der Waals surface area contributed by atoms with Gasteiger partial charge in [0.15, 0.2) is 0 Å². The Hall–Kier alpha value is -1.33. The maximum Gasteiger partial charge on any atom is 0.408 e. The van der Waals surface area contributed by atoms with Gasteiger partial charge in [0, 0.05) is 13.1 Å². The summed E-state index contributed by atoms with van der Waals surface area (Å²) in [7, 11) is 0. The Kier molecular flexibility index (Phi) is 5.53. The number of ether oxygens (including phenoxy) is 1. The van der Waals surface area contributed by atoms with E-state index in [9.17, 15) is 9.18 Å². The number of nitrogens with one attached hydrogen (secondary N) is 2. The number of benzene rings is 1. The molecule has 2 N–H and O–H groups in total. The third-order valence-electron chi connectivity index (χ3n) is 3.85. The van der Waals surface area contributed by atoms with Crippen molar-refractivity contribution in [3.8, 4) is 0 Å². The Morgan fingerprint density at radius 1 is 1.39 bits per heavy atom. The van der Waals surface area contributed by atoms with Gasteiger partial charge in [0.1, 0.15) is 11.4 Å². The zero-order valence-electron chi connectivity index (χ0n) is 13.8. The number of amides is 1. The lowest BCUT2D eigenvalue weighted by Gasteiger charge is -2.42. The Labute approximate surface area is 141 Å². The predicted molar refractivity (Wildman–Crippen MR) is 89.1 cm³/mol. The van der Waals surface area contributed by atoms with Crippen LogP contribution in [0.3, 0.4) is 0 Å². The van der Waals surface area contributed by atoms with Crippen molar-refractivity contribution in [3.63, 3.8) is 0 Å². The zero-order valence-corrected chi connectivity index (χ0v) is 14.6. The van der Waals surface area contributed by atoms with E-state index in [1.54, 1.807) is 12.1 Å². The fourth-order valence-electron chi connectivity index (χ4n) is 2.57. The number of carbonyl (C=O) groups is 1.